The number of aliphatic hydroxyl groups is 1. The van der Waals surface area contributed by atoms with E-state index < -0.39 is 0 Å². The molecule has 114 valence electrons. The molecule has 2 heterocycles. The van der Waals surface area contributed by atoms with E-state index in [0.717, 1.165) is 31.3 Å². The highest BCUT2D eigenvalue weighted by Gasteiger charge is 2.17. The number of hydrogen-bond acceptors (Lipinski definition) is 7. The first-order valence-corrected chi connectivity index (χ1v) is 8.00. The minimum absolute atomic E-state index is 0.220. The van der Waals surface area contributed by atoms with Crippen molar-refractivity contribution in [2.75, 3.05) is 44.2 Å². The molecule has 4 N–H and O–H groups in total. The quantitative estimate of drug-likeness (QED) is 0.627. The first-order chi connectivity index (χ1) is 9.58. The molecule has 1 unspecified atom stereocenters. The monoisotopic (exact) mass is 300 g/mol. The van der Waals surface area contributed by atoms with E-state index in [1.165, 1.54) is 11.8 Å². The molecule has 1 aliphatic rings. The molecule has 0 aliphatic carbocycles. The Morgan fingerprint density at radius 3 is 2.70 bits per heavy atom. The van der Waals surface area contributed by atoms with Crippen molar-refractivity contribution >= 4 is 17.7 Å². The minimum atomic E-state index is -0.364. The van der Waals surface area contributed by atoms with Gasteiger partial charge in [-0.15, -0.1) is 10.2 Å². The van der Waals surface area contributed by atoms with Crippen molar-refractivity contribution in [3.05, 3.63) is 0 Å². The number of anilines is 1. The molecule has 20 heavy (non-hydrogen) atoms. The summed E-state index contributed by atoms with van der Waals surface area (Å²) in [7, 11) is 0. The van der Waals surface area contributed by atoms with Crippen LogP contribution in [0.3, 0.4) is 0 Å². The van der Waals surface area contributed by atoms with Crippen LogP contribution in [-0.2, 0) is 0 Å². The van der Waals surface area contributed by atoms with Gasteiger partial charge in [0, 0.05) is 44.5 Å². The highest BCUT2D eigenvalue weighted by molar-refractivity contribution is 7.99. The molecule has 1 fully saturated rings. The largest absolute Gasteiger partial charge is 0.391 e. The topological polar surface area (TPSA) is 92.2 Å². The number of β-amino-alcohol motifs (C(OH)–C–C–N with tert-alkyl or cyclic N) is 1. The highest BCUT2D eigenvalue weighted by Crippen LogP contribution is 2.23. The van der Waals surface area contributed by atoms with Gasteiger partial charge in [0.25, 0.3) is 0 Å². The van der Waals surface area contributed by atoms with Crippen LogP contribution in [0, 0.1) is 0 Å². The summed E-state index contributed by atoms with van der Waals surface area (Å²) in [4.78, 5) is 2.28. The number of aromatic nitrogens is 3. The number of nitrogens with two attached hydrogens (primary N) is 1. The van der Waals surface area contributed by atoms with Crippen molar-refractivity contribution in [2.24, 2.45) is 0 Å². The number of piperazine rings is 1. The molecular formula is C12H24N6OS. The second-order valence-corrected chi connectivity index (χ2v) is 6.31. The molecule has 0 aromatic carbocycles. The Balaban J connectivity index is 1.82. The van der Waals surface area contributed by atoms with Gasteiger partial charge in [0.05, 0.1) is 6.10 Å². The third-order valence-corrected chi connectivity index (χ3v) is 4.38. The summed E-state index contributed by atoms with van der Waals surface area (Å²) in [5.41, 5.74) is 5.80. The smallest absolute Gasteiger partial charge is 0.222 e. The molecule has 0 bridgehead atoms. The fourth-order valence-corrected chi connectivity index (χ4v) is 3.28. The SMILES string of the molecule is CC(C)n1c(N)nnc1SCC(O)CN1CCNCC1. The van der Waals surface area contributed by atoms with Crippen LogP contribution >= 0.6 is 11.8 Å². The molecule has 7 nitrogen and oxygen atoms in total. The van der Waals surface area contributed by atoms with Crippen molar-refractivity contribution in [2.45, 2.75) is 31.1 Å². The molecule has 1 aliphatic heterocycles. The Kier molecular flexibility index (Phi) is 5.64. The third-order valence-electron chi connectivity index (χ3n) is 3.29. The number of nitrogens with zero attached hydrogens (tertiary/aromatic N) is 4. The van der Waals surface area contributed by atoms with E-state index in [-0.39, 0.29) is 12.1 Å². The number of nitrogens with one attached hydrogen (secondary N) is 1. The molecule has 1 aromatic heterocycles. The number of aliphatic hydroxyl groups excluding tert-OH is 1. The zero-order valence-corrected chi connectivity index (χ0v) is 12.9. The lowest BCUT2D eigenvalue weighted by molar-refractivity contribution is 0.121. The fourth-order valence-electron chi connectivity index (χ4n) is 2.29. The summed E-state index contributed by atoms with van der Waals surface area (Å²) in [6.07, 6.45) is -0.364. The molecule has 0 amide bonds. The molecule has 0 spiro atoms. The Morgan fingerprint density at radius 1 is 1.35 bits per heavy atom. The molecule has 0 saturated carbocycles. The van der Waals surface area contributed by atoms with Crippen molar-refractivity contribution in [3.63, 3.8) is 0 Å². The van der Waals surface area contributed by atoms with E-state index in [1.54, 1.807) is 0 Å². The van der Waals surface area contributed by atoms with Gasteiger partial charge in [0.1, 0.15) is 0 Å². The lowest BCUT2D eigenvalue weighted by Gasteiger charge is -2.28. The Labute approximate surface area is 123 Å². The lowest BCUT2D eigenvalue weighted by atomic mass is 10.3. The van der Waals surface area contributed by atoms with Crippen LogP contribution in [-0.4, -0.2) is 69.4 Å². The van der Waals surface area contributed by atoms with Gasteiger partial charge in [0.2, 0.25) is 5.95 Å². The van der Waals surface area contributed by atoms with Crippen LogP contribution < -0.4 is 11.1 Å². The second kappa shape index (κ2) is 7.26. The number of hydrogen-bond donors (Lipinski definition) is 3. The second-order valence-electron chi connectivity index (χ2n) is 5.32. The average Bonchev–Trinajstić information content (AvgIpc) is 2.79. The van der Waals surface area contributed by atoms with Gasteiger partial charge in [-0.05, 0) is 13.8 Å². The number of thioether (sulfide) groups is 1. The maximum absolute atomic E-state index is 10.1. The lowest BCUT2D eigenvalue weighted by Crippen LogP contribution is -2.46. The summed E-state index contributed by atoms with van der Waals surface area (Å²) in [6, 6.07) is 0.220. The standard InChI is InChI=1S/C12H24N6OS/c1-9(2)18-11(13)15-16-12(18)20-8-10(19)7-17-5-3-14-4-6-17/h9-10,14,19H,3-8H2,1-2H3,(H2,13,15). The average molecular weight is 300 g/mol. The van der Waals surface area contributed by atoms with Gasteiger partial charge < -0.3 is 16.2 Å². The van der Waals surface area contributed by atoms with E-state index >= 15 is 0 Å². The van der Waals surface area contributed by atoms with E-state index in [2.05, 4.69) is 20.4 Å². The predicted molar refractivity (Wildman–Crippen MR) is 80.9 cm³/mol. The van der Waals surface area contributed by atoms with Gasteiger partial charge in [-0.1, -0.05) is 11.8 Å². The first kappa shape index (κ1) is 15.6. The summed E-state index contributed by atoms with van der Waals surface area (Å²) < 4.78 is 1.89. The van der Waals surface area contributed by atoms with Crippen LogP contribution in [0.1, 0.15) is 19.9 Å². The predicted octanol–water partition coefficient (Wildman–Crippen LogP) is -0.201. The van der Waals surface area contributed by atoms with Gasteiger partial charge in [-0.25, -0.2) is 0 Å². The zero-order chi connectivity index (χ0) is 14.5. The van der Waals surface area contributed by atoms with Crippen molar-refractivity contribution in [1.82, 2.24) is 25.0 Å². The van der Waals surface area contributed by atoms with Crippen molar-refractivity contribution < 1.29 is 5.11 Å². The highest BCUT2D eigenvalue weighted by atomic mass is 32.2. The van der Waals surface area contributed by atoms with Gasteiger partial charge >= 0.3 is 0 Å². The van der Waals surface area contributed by atoms with Crippen LogP contribution in [0.15, 0.2) is 5.16 Å². The van der Waals surface area contributed by atoms with Crippen molar-refractivity contribution in [3.8, 4) is 0 Å². The van der Waals surface area contributed by atoms with Crippen LogP contribution in [0.2, 0.25) is 0 Å². The molecule has 1 saturated heterocycles. The number of rotatable bonds is 6. The summed E-state index contributed by atoms with van der Waals surface area (Å²) >= 11 is 1.51. The molecular weight excluding hydrogens is 276 g/mol. The van der Waals surface area contributed by atoms with E-state index in [0.29, 0.717) is 18.2 Å². The summed E-state index contributed by atoms with van der Waals surface area (Å²) in [5.74, 6) is 1.04. The fraction of sp³-hybridized carbons (Fsp3) is 0.833. The van der Waals surface area contributed by atoms with Crippen LogP contribution in [0.4, 0.5) is 5.95 Å². The Bertz CT molecular complexity index is 418. The van der Waals surface area contributed by atoms with Gasteiger partial charge in [-0.3, -0.25) is 9.47 Å². The number of nitrogen functional groups attached to an aromatic ring is 1. The van der Waals surface area contributed by atoms with Crippen LogP contribution in [0.25, 0.3) is 0 Å². The van der Waals surface area contributed by atoms with E-state index in [4.69, 9.17) is 5.73 Å². The van der Waals surface area contributed by atoms with Crippen molar-refractivity contribution in [1.29, 1.82) is 0 Å². The third kappa shape index (κ3) is 4.08. The Morgan fingerprint density at radius 2 is 2.05 bits per heavy atom. The van der Waals surface area contributed by atoms with Gasteiger partial charge in [-0.2, -0.15) is 0 Å². The molecule has 1 aromatic rings. The first-order valence-electron chi connectivity index (χ1n) is 7.02. The summed E-state index contributed by atoms with van der Waals surface area (Å²) in [5, 5.41) is 22.2. The summed E-state index contributed by atoms with van der Waals surface area (Å²) in [6.45, 7) is 8.78. The van der Waals surface area contributed by atoms with E-state index in [1.807, 2.05) is 18.4 Å². The normalized spacial score (nSPS) is 18.6. The molecule has 1 atom stereocenters. The molecule has 2 rings (SSSR count). The van der Waals surface area contributed by atoms with Gasteiger partial charge in [0.15, 0.2) is 5.16 Å². The van der Waals surface area contributed by atoms with E-state index in [9.17, 15) is 5.11 Å². The Hall–Kier alpha value is -0.830. The maximum Gasteiger partial charge on any atom is 0.222 e. The van der Waals surface area contributed by atoms with Crippen LogP contribution in [0.5, 0.6) is 0 Å². The molecule has 8 heteroatoms. The maximum atomic E-state index is 10.1. The minimum Gasteiger partial charge on any atom is -0.391 e. The zero-order valence-electron chi connectivity index (χ0n) is 12.1. The molecule has 0 radical (unpaired) electrons.